The fourth-order valence-corrected chi connectivity index (χ4v) is 5.58. The first-order valence-electron chi connectivity index (χ1n) is 19.3. The highest BCUT2D eigenvalue weighted by Crippen LogP contribution is 2.26. The van der Waals surface area contributed by atoms with Crippen LogP contribution in [-0.2, 0) is 57.4 Å². The van der Waals surface area contributed by atoms with E-state index in [9.17, 15) is 58.5 Å². The fourth-order valence-electron chi connectivity index (χ4n) is 5.58. The molecule has 0 spiro atoms. The predicted octanol–water partition coefficient (Wildman–Crippen LogP) is -3.49. The van der Waals surface area contributed by atoms with Crippen molar-refractivity contribution >= 4 is 53.3 Å². The van der Waals surface area contributed by atoms with Crippen LogP contribution in [0.15, 0.2) is 0 Å². The summed E-state index contributed by atoms with van der Waals surface area (Å²) in [5.41, 5.74) is 0. The van der Waals surface area contributed by atoms with Crippen LogP contribution < -0.4 is 37.2 Å². The van der Waals surface area contributed by atoms with Crippen molar-refractivity contribution in [3.8, 4) is 0 Å². The second-order valence-electron chi connectivity index (χ2n) is 14.1. The lowest BCUT2D eigenvalue weighted by atomic mass is 9.96. The number of hydrogen-bond acceptors (Lipinski definition) is 14. The summed E-state index contributed by atoms with van der Waals surface area (Å²) in [6.07, 6.45) is -6.49. The van der Waals surface area contributed by atoms with Gasteiger partial charge in [-0.1, -0.05) is 6.92 Å². The van der Waals surface area contributed by atoms with Crippen molar-refractivity contribution in [3.63, 3.8) is 0 Å². The Morgan fingerprint density at radius 1 is 0.712 bits per heavy atom. The first kappa shape index (κ1) is 52.0. The lowest BCUT2D eigenvalue weighted by Gasteiger charge is -2.44. The minimum atomic E-state index is -1.55. The van der Waals surface area contributed by atoms with Crippen LogP contribution in [0.4, 0.5) is 0 Å². The van der Waals surface area contributed by atoms with Gasteiger partial charge in [-0.2, -0.15) is 0 Å². The van der Waals surface area contributed by atoms with Crippen LogP contribution >= 0.6 is 0 Å². The summed E-state index contributed by atoms with van der Waals surface area (Å²) in [6, 6.07) is -7.90. The van der Waals surface area contributed by atoms with Crippen LogP contribution in [0, 0.1) is 0 Å². The molecule has 1 fully saturated rings. The Labute approximate surface area is 341 Å². The number of aliphatic hydroxyl groups is 2. The Balaban J connectivity index is 3.16. The van der Waals surface area contributed by atoms with Crippen LogP contribution in [0.5, 0.6) is 0 Å². The van der Waals surface area contributed by atoms with E-state index in [1.165, 1.54) is 41.5 Å². The van der Waals surface area contributed by atoms with E-state index >= 15 is 0 Å². The Morgan fingerprint density at radius 3 is 1.80 bits per heavy atom. The SMILES string of the molecule is CCCO[C@H]1O[C@H](CO)[C@@H](O)[C@H](O[C@H](C)C(=O)N[C@@H](C)C(=O)N[C@H](CCC(=O)O)C(=O)N[C@@H](CCCCNC(C)=O)C(=O)N[C@H](C)C(=O)N[C@H](C)C(=O)O)[C@H]1NC(C)=O. The zero-order chi connectivity index (χ0) is 45.0. The number of ether oxygens (including phenoxy) is 3. The molecule has 1 saturated heterocycles. The quantitative estimate of drug-likeness (QED) is 0.0377. The molecular weight excluding hydrogens is 786 g/mol. The molecule has 0 aromatic heterocycles. The minimum Gasteiger partial charge on any atom is -0.481 e. The van der Waals surface area contributed by atoms with Gasteiger partial charge in [-0.15, -0.1) is 0 Å². The number of aliphatic carboxylic acids is 2. The maximum absolute atomic E-state index is 13.6. The highest BCUT2D eigenvalue weighted by molar-refractivity contribution is 5.96. The summed E-state index contributed by atoms with van der Waals surface area (Å²) < 4.78 is 17.2. The van der Waals surface area contributed by atoms with Gasteiger partial charge in [0, 0.05) is 33.4 Å². The van der Waals surface area contributed by atoms with Gasteiger partial charge >= 0.3 is 11.9 Å². The maximum Gasteiger partial charge on any atom is 0.325 e. The largest absolute Gasteiger partial charge is 0.481 e. The number of amides is 7. The van der Waals surface area contributed by atoms with Crippen LogP contribution in [0.2, 0.25) is 0 Å². The number of carboxylic acids is 2. The summed E-state index contributed by atoms with van der Waals surface area (Å²) in [5, 5.41) is 56.2. The summed E-state index contributed by atoms with van der Waals surface area (Å²) in [6.45, 7) is 9.19. The molecule has 1 aliphatic rings. The molecule has 59 heavy (non-hydrogen) atoms. The van der Waals surface area contributed by atoms with Gasteiger partial charge in [0.25, 0.3) is 0 Å². The standard InChI is InChI=1S/C36H61N7O16/c1-8-15-57-36-27(41-22(7)46)29(28(49)25(16-44)59-36)58-20(5)32(52)38-18(3)31(51)42-24(12-13-26(47)48)34(54)43-23(11-9-10-14-37-21(6)45)33(53)39-17(2)30(50)40-19(4)35(55)56/h17-20,23-25,27-29,36,44,49H,8-16H2,1-7H3,(H,37,45)(H,38,52)(H,39,53)(H,40,50)(H,41,46)(H,42,51)(H,43,54)(H,47,48)(H,55,56)/t17-,18+,19-,20-,23+,24-,25-,27-,28-,29-,36+/m1/s1. The van der Waals surface area contributed by atoms with Crippen molar-refractivity contribution in [3.05, 3.63) is 0 Å². The topological polar surface area (TPSA) is 346 Å². The molecule has 0 saturated carbocycles. The van der Waals surface area contributed by atoms with Crippen molar-refractivity contribution in [1.29, 1.82) is 0 Å². The van der Waals surface area contributed by atoms with Crippen molar-refractivity contribution in [2.45, 2.75) is 154 Å². The average molecular weight is 848 g/mol. The molecule has 336 valence electrons. The number of nitrogens with one attached hydrogen (secondary N) is 7. The molecule has 0 aromatic carbocycles. The molecule has 1 rings (SSSR count). The molecule has 23 heteroatoms. The third-order valence-corrected chi connectivity index (χ3v) is 8.88. The second kappa shape index (κ2) is 26.2. The van der Waals surface area contributed by atoms with E-state index in [0.29, 0.717) is 12.8 Å². The molecule has 0 radical (unpaired) electrons. The van der Waals surface area contributed by atoms with Gasteiger partial charge in [-0.3, -0.25) is 43.2 Å². The number of carboxylic acid groups (broad SMARTS) is 2. The molecule has 0 aliphatic carbocycles. The monoisotopic (exact) mass is 847 g/mol. The van der Waals surface area contributed by atoms with Crippen LogP contribution in [0.25, 0.3) is 0 Å². The summed E-state index contributed by atoms with van der Waals surface area (Å²) >= 11 is 0. The first-order chi connectivity index (χ1) is 27.6. The van der Waals surface area contributed by atoms with Crippen molar-refractivity contribution in [1.82, 2.24) is 37.2 Å². The average Bonchev–Trinajstić information content (AvgIpc) is 3.15. The number of unbranched alkanes of at least 4 members (excludes halogenated alkanes) is 1. The number of carbonyl (C=O) groups excluding carboxylic acids is 7. The molecule has 23 nitrogen and oxygen atoms in total. The third kappa shape index (κ3) is 18.7. The lowest BCUT2D eigenvalue weighted by Crippen LogP contribution is -2.66. The number of aliphatic hydroxyl groups excluding tert-OH is 2. The number of hydrogen-bond donors (Lipinski definition) is 11. The Hall–Kier alpha value is -4.97. The first-order valence-corrected chi connectivity index (χ1v) is 19.3. The van der Waals surface area contributed by atoms with E-state index in [1.807, 2.05) is 6.92 Å². The molecule has 7 amide bonds. The van der Waals surface area contributed by atoms with E-state index in [-0.39, 0.29) is 31.9 Å². The predicted molar refractivity (Wildman–Crippen MR) is 204 cm³/mol. The molecule has 0 unspecified atom stereocenters. The second-order valence-corrected chi connectivity index (χ2v) is 14.1. The highest BCUT2D eigenvalue weighted by Gasteiger charge is 2.48. The number of carbonyl (C=O) groups is 9. The molecule has 0 aromatic rings. The van der Waals surface area contributed by atoms with Gasteiger partial charge < -0.3 is 71.9 Å². The zero-order valence-corrected chi connectivity index (χ0v) is 34.4. The van der Waals surface area contributed by atoms with E-state index in [2.05, 4.69) is 37.2 Å². The Kier molecular flexibility index (Phi) is 23.1. The van der Waals surface area contributed by atoms with Gasteiger partial charge in [-0.25, -0.2) is 0 Å². The summed E-state index contributed by atoms with van der Waals surface area (Å²) in [4.78, 5) is 112. The molecule has 11 atom stereocenters. The van der Waals surface area contributed by atoms with Crippen molar-refractivity contribution in [2.24, 2.45) is 0 Å². The van der Waals surface area contributed by atoms with Gasteiger partial charge in [0.05, 0.1) is 6.61 Å². The van der Waals surface area contributed by atoms with Gasteiger partial charge in [-0.05, 0) is 59.8 Å². The van der Waals surface area contributed by atoms with E-state index < -0.39 is 134 Å². The fraction of sp³-hybridized carbons (Fsp3) is 0.750. The summed E-state index contributed by atoms with van der Waals surface area (Å²) in [5.74, 6) is -7.94. The molecule has 1 aliphatic heterocycles. The number of rotatable bonds is 26. The van der Waals surface area contributed by atoms with Gasteiger partial charge in [0.1, 0.15) is 60.7 Å². The van der Waals surface area contributed by atoms with Gasteiger partial charge in [0.2, 0.25) is 41.4 Å². The Bertz CT molecular complexity index is 1470. The maximum atomic E-state index is 13.6. The smallest absolute Gasteiger partial charge is 0.325 e. The van der Waals surface area contributed by atoms with E-state index in [4.69, 9.17) is 19.3 Å². The normalized spacial score (nSPS) is 21.8. The van der Waals surface area contributed by atoms with Crippen LogP contribution in [0.3, 0.4) is 0 Å². The molecule has 0 bridgehead atoms. The van der Waals surface area contributed by atoms with Crippen LogP contribution in [-0.4, -0.2) is 160 Å². The molecular formula is C36H61N7O16. The zero-order valence-electron chi connectivity index (χ0n) is 34.4. The van der Waals surface area contributed by atoms with Gasteiger partial charge in [0.15, 0.2) is 6.29 Å². The molecule has 1 heterocycles. The molecule has 11 N–H and O–H groups in total. The highest BCUT2D eigenvalue weighted by atomic mass is 16.7. The van der Waals surface area contributed by atoms with Crippen molar-refractivity contribution < 1.29 is 77.8 Å². The minimum absolute atomic E-state index is 0.0316. The van der Waals surface area contributed by atoms with Crippen molar-refractivity contribution in [2.75, 3.05) is 19.8 Å². The Morgan fingerprint density at radius 2 is 1.25 bits per heavy atom. The summed E-state index contributed by atoms with van der Waals surface area (Å²) in [7, 11) is 0. The third-order valence-electron chi connectivity index (χ3n) is 8.88. The van der Waals surface area contributed by atoms with E-state index in [0.717, 1.165) is 0 Å². The van der Waals surface area contributed by atoms with E-state index in [1.54, 1.807) is 0 Å². The van der Waals surface area contributed by atoms with Crippen LogP contribution in [0.1, 0.15) is 87.0 Å². The lowest BCUT2D eigenvalue weighted by molar-refractivity contribution is -0.280.